The van der Waals surface area contributed by atoms with E-state index in [0.29, 0.717) is 5.56 Å². The van der Waals surface area contributed by atoms with Crippen LogP contribution in [0.1, 0.15) is 24.5 Å². The quantitative estimate of drug-likeness (QED) is 0.808. The zero-order valence-corrected chi connectivity index (χ0v) is 10.6. The highest BCUT2D eigenvalue weighted by atomic mass is 19.1. The van der Waals surface area contributed by atoms with E-state index in [1.807, 2.05) is 6.07 Å². The average molecular weight is 247 g/mol. The van der Waals surface area contributed by atoms with Gasteiger partial charge in [-0.05, 0) is 36.6 Å². The van der Waals surface area contributed by atoms with E-state index >= 15 is 0 Å². The lowest BCUT2D eigenvalue weighted by Gasteiger charge is -2.15. The first-order valence-electron chi connectivity index (χ1n) is 6.29. The van der Waals surface area contributed by atoms with E-state index in [-0.39, 0.29) is 12.4 Å². The van der Waals surface area contributed by atoms with Crippen molar-refractivity contribution in [2.75, 3.05) is 19.7 Å². The smallest absolute Gasteiger partial charge is 0.138 e. The molecule has 1 aromatic carbocycles. The molecule has 0 spiro atoms. The van der Waals surface area contributed by atoms with Crippen molar-refractivity contribution >= 4 is 0 Å². The maximum atomic E-state index is 13.5. The number of aliphatic hydroxyl groups is 1. The van der Waals surface area contributed by atoms with Crippen LogP contribution in [0.3, 0.4) is 0 Å². The standard InChI is InChI=1S/C15H18FNO/c1-12-6-7-17(10-12)11-13-4-5-15(16)14(9-13)3-2-8-18/h4-5,9,12,18H,6-8,10-11H2,1H3. The number of likely N-dealkylation sites (tertiary alicyclic amines) is 1. The van der Waals surface area contributed by atoms with Gasteiger partial charge >= 0.3 is 0 Å². The largest absolute Gasteiger partial charge is 0.384 e. The van der Waals surface area contributed by atoms with Gasteiger partial charge < -0.3 is 5.11 Å². The first kappa shape index (κ1) is 13.1. The van der Waals surface area contributed by atoms with E-state index in [2.05, 4.69) is 23.7 Å². The van der Waals surface area contributed by atoms with Crippen LogP contribution in [-0.2, 0) is 6.54 Å². The number of rotatable bonds is 2. The molecule has 1 unspecified atom stereocenters. The summed E-state index contributed by atoms with van der Waals surface area (Å²) in [5, 5.41) is 8.64. The average Bonchev–Trinajstić information content (AvgIpc) is 2.75. The van der Waals surface area contributed by atoms with E-state index in [0.717, 1.165) is 31.1 Å². The summed E-state index contributed by atoms with van der Waals surface area (Å²) in [5.41, 5.74) is 1.45. The van der Waals surface area contributed by atoms with Crippen molar-refractivity contribution in [3.63, 3.8) is 0 Å². The fourth-order valence-electron chi connectivity index (χ4n) is 2.33. The Bertz CT molecular complexity index is 475. The number of aliphatic hydroxyl groups excluding tert-OH is 1. The minimum atomic E-state index is -0.325. The Morgan fingerprint density at radius 1 is 1.50 bits per heavy atom. The molecule has 1 heterocycles. The predicted molar refractivity (Wildman–Crippen MR) is 69.4 cm³/mol. The van der Waals surface area contributed by atoms with Crippen LogP contribution in [-0.4, -0.2) is 29.7 Å². The second kappa shape index (κ2) is 5.99. The van der Waals surface area contributed by atoms with Crippen molar-refractivity contribution in [3.05, 3.63) is 35.1 Å². The van der Waals surface area contributed by atoms with Gasteiger partial charge in [-0.1, -0.05) is 24.8 Å². The molecule has 0 aromatic heterocycles. The molecule has 1 aliphatic heterocycles. The molecular weight excluding hydrogens is 229 g/mol. The molecule has 2 nitrogen and oxygen atoms in total. The van der Waals surface area contributed by atoms with E-state index < -0.39 is 0 Å². The molecule has 96 valence electrons. The van der Waals surface area contributed by atoms with Crippen molar-refractivity contribution in [2.24, 2.45) is 5.92 Å². The molecule has 0 amide bonds. The molecule has 1 saturated heterocycles. The second-order valence-corrected chi connectivity index (χ2v) is 4.90. The van der Waals surface area contributed by atoms with Crippen molar-refractivity contribution in [1.29, 1.82) is 0 Å². The Kier molecular flexibility index (Phi) is 4.35. The Morgan fingerprint density at radius 3 is 3.00 bits per heavy atom. The SMILES string of the molecule is CC1CCN(Cc2ccc(F)c(C#CCO)c2)C1. The van der Waals surface area contributed by atoms with Crippen LogP contribution < -0.4 is 0 Å². The third-order valence-electron chi connectivity index (χ3n) is 3.25. The van der Waals surface area contributed by atoms with Gasteiger partial charge in [0.2, 0.25) is 0 Å². The van der Waals surface area contributed by atoms with Crippen LogP contribution in [0.5, 0.6) is 0 Å². The van der Waals surface area contributed by atoms with E-state index in [1.54, 1.807) is 6.07 Å². The maximum Gasteiger partial charge on any atom is 0.138 e. The van der Waals surface area contributed by atoms with Gasteiger partial charge in [-0.25, -0.2) is 4.39 Å². The molecule has 1 aliphatic rings. The summed E-state index contributed by atoms with van der Waals surface area (Å²) >= 11 is 0. The molecule has 2 rings (SSSR count). The van der Waals surface area contributed by atoms with Crippen LogP contribution in [0.2, 0.25) is 0 Å². The minimum Gasteiger partial charge on any atom is -0.384 e. The van der Waals surface area contributed by atoms with Gasteiger partial charge in [0.25, 0.3) is 0 Å². The third kappa shape index (κ3) is 3.32. The third-order valence-corrected chi connectivity index (χ3v) is 3.25. The fourth-order valence-corrected chi connectivity index (χ4v) is 2.33. The van der Waals surface area contributed by atoms with Gasteiger partial charge in [-0.15, -0.1) is 0 Å². The van der Waals surface area contributed by atoms with Crippen molar-refractivity contribution < 1.29 is 9.50 Å². The van der Waals surface area contributed by atoms with Gasteiger partial charge in [0.15, 0.2) is 0 Å². The number of halogens is 1. The predicted octanol–water partition coefficient (Wildman–Crippen LogP) is 2.01. The zero-order chi connectivity index (χ0) is 13.0. The minimum absolute atomic E-state index is 0.243. The number of benzene rings is 1. The van der Waals surface area contributed by atoms with Crippen LogP contribution in [0.4, 0.5) is 4.39 Å². The highest BCUT2D eigenvalue weighted by molar-refractivity contribution is 5.38. The molecule has 0 radical (unpaired) electrons. The second-order valence-electron chi connectivity index (χ2n) is 4.90. The summed E-state index contributed by atoms with van der Waals surface area (Å²) in [6, 6.07) is 5.04. The summed E-state index contributed by atoms with van der Waals surface area (Å²) in [7, 11) is 0. The van der Waals surface area contributed by atoms with E-state index in [9.17, 15) is 4.39 Å². The highest BCUT2D eigenvalue weighted by Gasteiger charge is 2.18. The molecular formula is C15H18FNO. The summed E-state index contributed by atoms with van der Waals surface area (Å²) in [6.07, 6.45) is 1.23. The van der Waals surface area contributed by atoms with Crippen LogP contribution in [0, 0.1) is 23.6 Å². The molecule has 0 bridgehead atoms. The maximum absolute atomic E-state index is 13.5. The highest BCUT2D eigenvalue weighted by Crippen LogP contribution is 2.19. The van der Waals surface area contributed by atoms with Gasteiger partial charge in [0.05, 0.1) is 5.56 Å². The van der Waals surface area contributed by atoms with Gasteiger partial charge in [-0.2, -0.15) is 0 Å². The van der Waals surface area contributed by atoms with E-state index in [4.69, 9.17) is 5.11 Å². The van der Waals surface area contributed by atoms with Gasteiger partial charge in [0, 0.05) is 13.1 Å². The van der Waals surface area contributed by atoms with Crippen LogP contribution >= 0.6 is 0 Å². The number of hydrogen-bond acceptors (Lipinski definition) is 2. The Morgan fingerprint density at radius 2 is 2.33 bits per heavy atom. The molecule has 1 fully saturated rings. The molecule has 1 N–H and O–H groups in total. The molecule has 0 aliphatic carbocycles. The lowest BCUT2D eigenvalue weighted by atomic mass is 10.1. The molecule has 18 heavy (non-hydrogen) atoms. The normalized spacial score (nSPS) is 19.6. The first-order valence-corrected chi connectivity index (χ1v) is 6.29. The Balaban J connectivity index is 2.09. The number of nitrogens with zero attached hydrogens (tertiary/aromatic N) is 1. The summed E-state index contributed by atoms with van der Waals surface area (Å²) in [4.78, 5) is 2.38. The molecule has 1 atom stereocenters. The van der Waals surface area contributed by atoms with Crippen molar-refractivity contribution in [3.8, 4) is 11.8 Å². The van der Waals surface area contributed by atoms with Crippen LogP contribution in [0.15, 0.2) is 18.2 Å². The van der Waals surface area contributed by atoms with Gasteiger partial charge in [0.1, 0.15) is 12.4 Å². The summed E-state index contributed by atoms with van der Waals surface area (Å²) < 4.78 is 13.5. The summed E-state index contributed by atoms with van der Waals surface area (Å²) in [6.45, 7) is 5.07. The Hall–Kier alpha value is -1.37. The Labute approximate surface area is 107 Å². The van der Waals surface area contributed by atoms with Crippen molar-refractivity contribution in [1.82, 2.24) is 4.90 Å². The zero-order valence-electron chi connectivity index (χ0n) is 10.6. The lowest BCUT2D eigenvalue weighted by molar-refractivity contribution is 0.320. The monoisotopic (exact) mass is 247 g/mol. The topological polar surface area (TPSA) is 23.5 Å². The molecule has 1 aromatic rings. The fraction of sp³-hybridized carbons (Fsp3) is 0.467. The van der Waals surface area contributed by atoms with Crippen molar-refractivity contribution in [2.45, 2.75) is 19.9 Å². The summed E-state index contributed by atoms with van der Waals surface area (Å²) in [5.74, 6) is 5.55. The molecule has 3 heteroatoms. The first-order chi connectivity index (χ1) is 8.69. The lowest BCUT2D eigenvalue weighted by Crippen LogP contribution is -2.19. The van der Waals surface area contributed by atoms with Gasteiger partial charge in [-0.3, -0.25) is 4.90 Å². The molecule has 0 saturated carbocycles. The van der Waals surface area contributed by atoms with E-state index in [1.165, 1.54) is 12.5 Å². The number of hydrogen-bond donors (Lipinski definition) is 1. The van der Waals surface area contributed by atoms with Crippen LogP contribution in [0.25, 0.3) is 0 Å².